The Kier molecular flexibility index (Phi) is 24.7. The first-order chi connectivity index (χ1) is 31.2. The van der Waals surface area contributed by atoms with Crippen LogP contribution >= 0.6 is 0 Å². The van der Waals surface area contributed by atoms with Gasteiger partial charge in [-0.15, -0.1) is 35.7 Å². The van der Waals surface area contributed by atoms with Gasteiger partial charge in [0.25, 0.3) is 5.95 Å². The van der Waals surface area contributed by atoms with Crippen molar-refractivity contribution in [1.82, 2.24) is 139 Å². The Morgan fingerprint density at radius 3 is 1.42 bits per heavy atom. The molecule has 66 heavy (non-hydrogen) atoms. The maximum atomic E-state index is 10.5. The lowest BCUT2D eigenvalue weighted by molar-refractivity contribution is -0.126. The predicted molar refractivity (Wildman–Crippen MR) is 217 cm³/mol. The van der Waals surface area contributed by atoms with Crippen molar-refractivity contribution in [1.29, 1.82) is 0 Å². The number of aromatic amines is 6. The maximum absolute atomic E-state index is 10.5. The number of urea groups is 1. The Morgan fingerprint density at radius 2 is 1.24 bits per heavy atom. The lowest BCUT2D eigenvalue weighted by Crippen LogP contribution is -2.24. The van der Waals surface area contributed by atoms with E-state index in [0.29, 0.717) is 24.6 Å². The molecule has 10 N–H and O–H groups in total. The zero-order valence-corrected chi connectivity index (χ0v) is 37.0. The quantitative estimate of drug-likeness (QED) is 0.0441. The molecule has 9 heterocycles. The lowest BCUT2D eigenvalue weighted by atomic mass is 10.1. The van der Waals surface area contributed by atoms with Gasteiger partial charge >= 0.3 is 11.7 Å². The zero-order valence-electron chi connectivity index (χ0n) is 37.0. The van der Waals surface area contributed by atoms with Crippen molar-refractivity contribution < 1.29 is 33.6 Å². The highest BCUT2D eigenvalue weighted by Gasteiger charge is 2.25. The summed E-state index contributed by atoms with van der Waals surface area (Å²) in [5.41, 5.74) is -0.292. The van der Waals surface area contributed by atoms with E-state index in [9.17, 15) is 38.4 Å². The summed E-state index contributed by atoms with van der Waals surface area (Å²) in [7, 11) is 3.09. The van der Waals surface area contributed by atoms with Gasteiger partial charge in [-0.25, -0.2) is 19.7 Å². The summed E-state index contributed by atoms with van der Waals surface area (Å²) in [6.07, 6.45) is 0.360. The average molecular weight is 930 g/mol. The largest absolute Gasteiger partial charge is 0.360 e. The van der Waals surface area contributed by atoms with Crippen LogP contribution in [-0.2, 0) is 31.0 Å². The molecular weight excluding hydrogens is 883 g/mol. The first-order valence-corrected chi connectivity index (χ1v) is 18.3. The van der Waals surface area contributed by atoms with Crippen molar-refractivity contribution in [3.63, 3.8) is 0 Å². The second-order valence-electron chi connectivity index (χ2n) is 12.4. The molecule has 0 aromatic carbocycles. The molecule has 9 rings (SSSR count). The summed E-state index contributed by atoms with van der Waals surface area (Å²) >= 11 is 0. The Bertz CT molecular complexity index is 2350. The van der Waals surface area contributed by atoms with Crippen LogP contribution in [-0.4, -0.2) is 190 Å². The minimum atomic E-state index is -0.310. The molecule has 0 radical (unpaired) electrons. The number of hydrogen-bond donors (Lipinski definition) is 10. The fraction of sp³-hybridized carbons (Fsp3) is 0.483. The number of anilines is 1. The number of carbonyl (C=O) groups is 7. The van der Waals surface area contributed by atoms with Crippen molar-refractivity contribution >= 4 is 53.1 Å². The Labute approximate surface area is 370 Å². The molecular formula is C29H47N29O8. The molecule has 0 saturated carbocycles. The molecule has 0 aliphatic carbocycles. The number of rotatable bonds is 2. The van der Waals surface area contributed by atoms with Crippen LogP contribution in [0.25, 0.3) is 0 Å². The van der Waals surface area contributed by atoms with Gasteiger partial charge in [0.2, 0.25) is 41.1 Å². The van der Waals surface area contributed by atoms with Crippen LogP contribution in [0.2, 0.25) is 0 Å². The summed E-state index contributed by atoms with van der Waals surface area (Å²) in [6, 6.07) is -0.310. The standard InChI is InChI=1S/C5H7NO2.C4H7N3.C4H6N2O2.C4H6N2O.C3H5N5O.C3H4N4O.C2H4N4O.2C2H4N4/c1-3-2-4(7)6-5(3)8;1-3-5-4(2)7-6-3;1-6-2-3(7)5-4(6)8;1-3-5-2-4(7)6-3;1-2(9)4-3-5-7-8-6-3;1-2(8)3-4-6-7-5-3;1-6-2(7)3-4-5-6;2*1-2-3-5-6-4-2/h3H,2H2,1H3,(H,6,7,8);1-2H3,(H,5,6,7);2H2,1H3,(H,5,7,8);2H2,1H3,(H,5,6,7);1H3,(H2,4,5,6,7,8,9);1H3,(H,4,5,6,7);1H3,(H,3,5,7);2*1H3,(H,3,4,5,6). The van der Waals surface area contributed by atoms with E-state index in [1.54, 1.807) is 34.7 Å². The van der Waals surface area contributed by atoms with Gasteiger partial charge in [0, 0.05) is 40.3 Å². The van der Waals surface area contributed by atoms with Gasteiger partial charge in [0.05, 0.1) is 0 Å². The third kappa shape index (κ3) is 25.4. The Morgan fingerprint density at radius 1 is 0.652 bits per heavy atom. The molecule has 37 nitrogen and oxygen atoms in total. The number of tetrazole rings is 5. The van der Waals surface area contributed by atoms with E-state index in [4.69, 9.17) is 0 Å². The fourth-order valence-corrected chi connectivity index (χ4v) is 3.50. The molecule has 37 heteroatoms. The van der Waals surface area contributed by atoms with E-state index >= 15 is 0 Å². The summed E-state index contributed by atoms with van der Waals surface area (Å²) in [5, 5.41) is 74.3. The molecule has 6 aromatic heterocycles. The second-order valence-corrected chi connectivity index (χ2v) is 12.4. The number of imide groups is 2. The number of amidine groups is 1. The van der Waals surface area contributed by atoms with Crippen molar-refractivity contribution in [3.05, 3.63) is 39.6 Å². The number of ketones is 1. The van der Waals surface area contributed by atoms with Crippen LogP contribution in [0.15, 0.2) is 9.79 Å². The number of Topliss-reactive ketones (excluding diaryl/α,β-unsaturated/α-hetero) is 1. The highest BCUT2D eigenvalue weighted by atomic mass is 16.2. The van der Waals surface area contributed by atoms with Crippen molar-refractivity contribution in [3.8, 4) is 0 Å². The van der Waals surface area contributed by atoms with E-state index in [1.807, 2.05) is 13.8 Å². The molecule has 0 bridgehead atoms. The SMILES string of the molecule is CC(=O)Nc1nn[nH]n1.CC(=O)c1nn[nH]n1.CC1=NCC(=O)N1.CC1CC(=O)NC1=O.CN1CC(=O)NC1=O.Cc1n[nH]c(C)n1.Cc1nn[nH]n1.Cc1nn[nH]n1.Cn1nn[nH]c1=O. The van der Waals surface area contributed by atoms with E-state index in [1.165, 1.54) is 25.8 Å². The minimum Gasteiger partial charge on any atom is -0.318 e. The van der Waals surface area contributed by atoms with Crippen LogP contribution in [0, 0.1) is 33.6 Å². The molecule has 3 aliphatic heterocycles. The molecule has 2 fully saturated rings. The van der Waals surface area contributed by atoms with Gasteiger partial charge in [-0.1, -0.05) is 22.4 Å². The minimum absolute atomic E-state index is 0.00231. The number of nitrogens with one attached hydrogen (secondary N) is 10. The lowest BCUT2D eigenvalue weighted by Gasteiger charge is -1.99. The van der Waals surface area contributed by atoms with Gasteiger partial charge in [0.15, 0.2) is 11.6 Å². The zero-order chi connectivity index (χ0) is 49.6. The molecule has 0 spiro atoms. The number of hydrogen-bond acceptors (Lipinski definition) is 25. The monoisotopic (exact) mass is 929 g/mol. The number of likely N-dealkylation sites (N-methyl/N-ethyl adjacent to an activating group) is 1. The Balaban J connectivity index is 0.000000372. The van der Waals surface area contributed by atoms with Gasteiger partial charge in [0.1, 0.15) is 30.6 Å². The average Bonchev–Trinajstić information content (AvgIpc) is 4.09. The van der Waals surface area contributed by atoms with Crippen LogP contribution in [0.4, 0.5) is 10.7 Å². The molecule has 356 valence electrons. The van der Waals surface area contributed by atoms with Crippen LogP contribution in [0.5, 0.6) is 0 Å². The van der Waals surface area contributed by atoms with Crippen LogP contribution in [0.1, 0.15) is 68.0 Å². The van der Waals surface area contributed by atoms with Gasteiger partial charge < -0.3 is 10.2 Å². The van der Waals surface area contributed by atoms with Crippen molar-refractivity contribution in [2.45, 2.75) is 61.8 Å². The topological polar surface area (TPSA) is 506 Å². The third-order valence-electron chi connectivity index (χ3n) is 6.48. The number of aryl methyl sites for hydroxylation is 5. The highest BCUT2D eigenvalue weighted by Crippen LogP contribution is 2.07. The van der Waals surface area contributed by atoms with Crippen LogP contribution in [0.3, 0.4) is 0 Å². The number of aliphatic imine (C=N–C) groups is 1. The first kappa shape index (κ1) is 54.7. The molecule has 2 saturated heterocycles. The van der Waals surface area contributed by atoms with Crippen molar-refractivity contribution in [2.24, 2.45) is 18.0 Å². The number of aromatic nitrogens is 23. The summed E-state index contributed by atoms with van der Waals surface area (Å²) in [4.78, 5) is 91.5. The summed E-state index contributed by atoms with van der Waals surface area (Å²) in [5.74, 6) is 3.06. The second kappa shape index (κ2) is 29.8. The number of nitrogens with zero attached hydrogens (tertiary/aromatic N) is 19. The normalized spacial score (nSPS) is 13.7. The van der Waals surface area contributed by atoms with E-state index in [-0.39, 0.29) is 71.3 Å². The van der Waals surface area contributed by atoms with E-state index in [0.717, 1.165) is 22.2 Å². The van der Waals surface area contributed by atoms with E-state index in [2.05, 4.69) is 139 Å². The molecule has 1 unspecified atom stereocenters. The number of H-pyrrole nitrogens is 6. The summed E-state index contributed by atoms with van der Waals surface area (Å²) < 4.78 is 1.11. The van der Waals surface area contributed by atoms with Gasteiger partial charge in [-0.2, -0.15) is 30.6 Å². The predicted octanol–water partition coefficient (Wildman–Crippen LogP) is -5.13. The third-order valence-corrected chi connectivity index (χ3v) is 6.48. The molecule has 6 aromatic rings. The number of carbonyl (C=O) groups excluding carboxylic acids is 7. The van der Waals surface area contributed by atoms with E-state index < -0.39 is 0 Å². The molecule has 3 aliphatic rings. The molecule has 1 atom stereocenters. The van der Waals surface area contributed by atoms with Gasteiger partial charge in [-0.3, -0.25) is 54.8 Å². The smallest absolute Gasteiger partial charge is 0.318 e. The maximum Gasteiger partial charge on any atom is 0.360 e. The number of amides is 7. The molecule has 7 amide bonds. The first-order valence-electron chi connectivity index (χ1n) is 18.3. The summed E-state index contributed by atoms with van der Waals surface area (Å²) in [6.45, 7) is 14.0. The Hall–Kier alpha value is -9.35. The van der Waals surface area contributed by atoms with Crippen LogP contribution < -0.4 is 27.0 Å². The van der Waals surface area contributed by atoms with Crippen molar-refractivity contribution in [2.75, 3.05) is 25.5 Å². The fourth-order valence-electron chi connectivity index (χ4n) is 3.50. The highest BCUT2D eigenvalue weighted by molar-refractivity contribution is 6.03. The van der Waals surface area contributed by atoms with Gasteiger partial charge in [-0.05, 0) is 55.5 Å².